The maximum absolute atomic E-state index is 11.9. The van der Waals surface area contributed by atoms with Crippen LogP contribution in [0.25, 0.3) is 0 Å². The Labute approximate surface area is 96.4 Å². The van der Waals surface area contributed by atoms with Crippen LogP contribution in [0.3, 0.4) is 0 Å². The lowest BCUT2D eigenvalue weighted by Crippen LogP contribution is -2.57. The van der Waals surface area contributed by atoms with Crippen LogP contribution in [-0.2, 0) is 9.59 Å². The van der Waals surface area contributed by atoms with Gasteiger partial charge in [-0.3, -0.25) is 9.59 Å². The van der Waals surface area contributed by atoms with Gasteiger partial charge in [0.15, 0.2) is 0 Å². The smallest absolute Gasteiger partial charge is 0.236 e. The summed E-state index contributed by atoms with van der Waals surface area (Å²) in [4.78, 5) is 24.7. The van der Waals surface area contributed by atoms with Crippen LogP contribution in [0.5, 0.6) is 0 Å². The van der Waals surface area contributed by atoms with Crippen LogP contribution in [0.1, 0.15) is 27.2 Å². The monoisotopic (exact) mass is 227 g/mol. The molecular formula is C11H21N3O2. The van der Waals surface area contributed by atoms with Crippen molar-refractivity contribution in [3.8, 4) is 0 Å². The summed E-state index contributed by atoms with van der Waals surface area (Å²) < 4.78 is 0. The van der Waals surface area contributed by atoms with Gasteiger partial charge in [0.05, 0.1) is 0 Å². The first-order valence-corrected chi connectivity index (χ1v) is 5.60. The van der Waals surface area contributed by atoms with Gasteiger partial charge < -0.3 is 16.0 Å². The van der Waals surface area contributed by atoms with Crippen LogP contribution in [-0.4, -0.2) is 42.4 Å². The van der Waals surface area contributed by atoms with Gasteiger partial charge in [0, 0.05) is 26.1 Å². The second-order valence-electron chi connectivity index (χ2n) is 5.49. The lowest BCUT2D eigenvalue weighted by atomic mass is 9.91. The third-order valence-corrected chi connectivity index (χ3v) is 2.55. The molecule has 5 heteroatoms. The molecule has 1 saturated heterocycles. The van der Waals surface area contributed by atoms with Gasteiger partial charge in [0.25, 0.3) is 0 Å². The SMILES string of the molecule is CC(C)(C)CC(=O)N1CCN[C@H](C(N)=O)C1. The van der Waals surface area contributed by atoms with Gasteiger partial charge in [-0.1, -0.05) is 20.8 Å². The number of hydrogen-bond acceptors (Lipinski definition) is 3. The second kappa shape index (κ2) is 4.82. The number of amides is 2. The zero-order valence-electron chi connectivity index (χ0n) is 10.2. The normalized spacial score (nSPS) is 21.9. The summed E-state index contributed by atoms with van der Waals surface area (Å²) in [7, 11) is 0. The molecule has 2 amide bonds. The molecule has 0 bridgehead atoms. The number of hydrogen-bond donors (Lipinski definition) is 2. The van der Waals surface area contributed by atoms with Crippen LogP contribution in [0, 0.1) is 5.41 Å². The van der Waals surface area contributed by atoms with E-state index in [-0.39, 0.29) is 11.3 Å². The van der Waals surface area contributed by atoms with E-state index in [1.807, 2.05) is 20.8 Å². The number of piperazine rings is 1. The average Bonchev–Trinajstić information content (AvgIpc) is 2.15. The highest BCUT2D eigenvalue weighted by atomic mass is 16.2. The lowest BCUT2D eigenvalue weighted by molar-refractivity contribution is -0.135. The fraction of sp³-hybridized carbons (Fsp3) is 0.818. The van der Waals surface area contributed by atoms with Crippen LogP contribution >= 0.6 is 0 Å². The molecule has 0 saturated carbocycles. The van der Waals surface area contributed by atoms with Crippen molar-refractivity contribution in [2.75, 3.05) is 19.6 Å². The zero-order chi connectivity index (χ0) is 12.3. The van der Waals surface area contributed by atoms with Crippen LogP contribution in [0.2, 0.25) is 0 Å². The summed E-state index contributed by atoms with van der Waals surface area (Å²) in [6, 6.07) is -0.405. The van der Waals surface area contributed by atoms with Crippen molar-refractivity contribution >= 4 is 11.8 Å². The van der Waals surface area contributed by atoms with E-state index in [9.17, 15) is 9.59 Å². The van der Waals surface area contributed by atoms with Gasteiger partial charge >= 0.3 is 0 Å². The van der Waals surface area contributed by atoms with Crippen molar-refractivity contribution in [2.24, 2.45) is 11.1 Å². The van der Waals surface area contributed by atoms with Gasteiger partial charge in [-0.2, -0.15) is 0 Å². The summed E-state index contributed by atoms with van der Waals surface area (Å²) in [6.45, 7) is 7.75. The van der Waals surface area contributed by atoms with E-state index in [4.69, 9.17) is 5.73 Å². The topological polar surface area (TPSA) is 75.4 Å². The van der Waals surface area contributed by atoms with Crippen molar-refractivity contribution in [3.63, 3.8) is 0 Å². The van der Waals surface area contributed by atoms with E-state index in [1.165, 1.54) is 0 Å². The molecule has 0 aliphatic carbocycles. The quantitative estimate of drug-likeness (QED) is 0.680. The lowest BCUT2D eigenvalue weighted by Gasteiger charge is -2.33. The van der Waals surface area contributed by atoms with Crippen LogP contribution in [0.15, 0.2) is 0 Å². The Morgan fingerprint density at radius 3 is 2.56 bits per heavy atom. The maximum Gasteiger partial charge on any atom is 0.236 e. The molecule has 1 rings (SSSR count). The van der Waals surface area contributed by atoms with Crippen LogP contribution in [0.4, 0.5) is 0 Å². The number of rotatable bonds is 2. The summed E-state index contributed by atoms with van der Waals surface area (Å²) in [6.07, 6.45) is 0.498. The standard InChI is InChI=1S/C11H21N3O2/c1-11(2,3)6-9(15)14-5-4-13-8(7-14)10(12)16/h8,13H,4-7H2,1-3H3,(H2,12,16)/t8-/m0/s1. The molecule has 5 nitrogen and oxygen atoms in total. The molecule has 0 radical (unpaired) electrons. The minimum Gasteiger partial charge on any atom is -0.368 e. The molecule has 0 aromatic carbocycles. The number of carbonyl (C=O) groups excluding carboxylic acids is 2. The van der Waals surface area contributed by atoms with Gasteiger partial charge in [0.2, 0.25) is 11.8 Å². The molecule has 0 aromatic rings. The summed E-state index contributed by atoms with van der Waals surface area (Å²) in [5.74, 6) is -0.298. The van der Waals surface area contributed by atoms with Crippen molar-refractivity contribution in [1.29, 1.82) is 0 Å². The molecule has 0 unspecified atom stereocenters. The van der Waals surface area contributed by atoms with E-state index in [0.717, 1.165) is 0 Å². The third kappa shape index (κ3) is 3.81. The summed E-state index contributed by atoms with van der Waals surface area (Å²) in [5.41, 5.74) is 5.19. The Hall–Kier alpha value is -1.10. The second-order valence-corrected chi connectivity index (χ2v) is 5.49. The first kappa shape index (κ1) is 13.0. The Morgan fingerprint density at radius 1 is 1.44 bits per heavy atom. The Bertz CT molecular complexity index is 283. The largest absolute Gasteiger partial charge is 0.368 e. The van der Waals surface area contributed by atoms with Gasteiger partial charge in [-0.15, -0.1) is 0 Å². The molecule has 0 aromatic heterocycles. The number of nitrogens with one attached hydrogen (secondary N) is 1. The molecule has 1 fully saturated rings. The molecule has 16 heavy (non-hydrogen) atoms. The molecule has 1 aliphatic heterocycles. The molecule has 1 atom stereocenters. The fourth-order valence-corrected chi connectivity index (χ4v) is 1.73. The molecule has 3 N–H and O–H groups in total. The summed E-state index contributed by atoms with van der Waals surface area (Å²) >= 11 is 0. The minimum atomic E-state index is -0.405. The van der Waals surface area contributed by atoms with E-state index in [1.54, 1.807) is 4.90 Å². The predicted molar refractivity (Wildman–Crippen MR) is 61.6 cm³/mol. The van der Waals surface area contributed by atoms with E-state index in [2.05, 4.69) is 5.32 Å². The van der Waals surface area contributed by atoms with E-state index >= 15 is 0 Å². The molecule has 92 valence electrons. The van der Waals surface area contributed by atoms with Crippen molar-refractivity contribution < 1.29 is 9.59 Å². The minimum absolute atomic E-state index is 0.0236. The van der Waals surface area contributed by atoms with Gasteiger partial charge in [0.1, 0.15) is 6.04 Å². The third-order valence-electron chi connectivity index (χ3n) is 2.55. The molecule has 1 aliphatic rings. The van der Waals surface area contributed by atoms with Crippen molar-refractivity contribution in [1.82, 2.24) is 10.2 Å². The average molecular weight is 227 g/mol. The van der Waals surface area contributed by atoms with Gasteiger partial charge in [-0.25, -0.2) is 0 Å². The van der Waals surface area contributed by atoms with Crippen LogP contribution < -0.4 is 11.1 Å². The number of nitrogens with two attached hydrogens (primary N) is 1. The number of primary amides is 1. The number of nitrogens with zero attached hydrogens (tertiary/aromatic N) is 1. The highest BCUT2D eigenvalue weighted by Crippen LogP contribution is 2.20. The Balaban J connectivity index is 2.54. The number of carbonyl (C=O) groups is 2. The van der Waals surface area contributed by atoms with Crippen molar-refractivity contribution in [3.05, 3.63) is 0 Å². The highest BCUT2D eigenvalue weighted by Gasteiger charge is 2.28. The molecule has 0 spiro atoms. The fourth-order valence-electron chi connectivity index (χ4n) is 1.73. The van der Waals surface area contributed by atoms with Gasteiger partial charge in [-0.05, 0) is 5.41 Å². The molecular weight excluding hydrogens is 206 g/mol. The zero-order valence-corrected chi connectivity index (χ0v) is 10.2. The highest BCUT2D eigenvalue weighted by molar-refractivity contribution is 5.82. The Morgan fingerprint density at radius 2 is 2.06 bits per heavy atom. The van der Waals surface area contributed by atoms with Crippen molar-refractivity contribution in [2.45, 2.75) is 33.2 Å². The summed E-state index contributed by atoms with van der Waals surface area (Å²) in [5, 5.41) is 3.00. The predicted octanol–water partition coefficient (Wildman–Crippen LogP) is -0.292. The first-order valence-electron chi connectivity index (χ1n) is 5.60. The Kier molecular flexibility index (Phi) is 3.91. The molecule has 1 heterocycles. The van der Waals surface area contributed by atoms with E-state index < -0.39 is 11.9 Å². The van der Waals surface area contributed by atoms with E-state index in [0.29, 0.717) is 26.1 Å². The first-order chi connectivity index (χ1) is 7.29. The maximum atomic E-state index is 11.9.